The molecule has 0 aliphatic carbocycles. The molecule has 0 unspecified atom stereocenters. The summed E-state index contributed by atoms with van der Waals surface area (Å²) < 4.78 is 21.3. The molecule has 1 heterocycles. The van der Waals surface area contributed by atoms with E-state index in [0.717, 1.165) is 0 Å². The number of esters is 1. The molecule has 0 atom stereocenters. The molecule has 0 spiro atoms. The molecule has 1 N–H and O–H groups in total. The first-order valence-electron chi connectivity index (χ1n) is 8.25. The van der Waals surface area contributed by atoms with Gasteiger partial charge in [-0.15, -0.1) is 0 Å². The van der Waals surface area contributed by atoms with E-state index in [4.69, 9.17) is 18.9 Å². The Hall–Kier alpha value is -3.22. The van der Waals surface area contributed by atoms with E-state index in [9.17, 15) is 9.59 Å². The zero-order chi connectivity index (χ0) is 18.4. The molecule has 0 saturated carbocycles. The summed E-state index contributed by atoms with van der Waals surface area (Å²) in [5, 5.41) is 2.73. The van der Waals surface area contributed by atoms with Gasteiger partial charge in [0.2, 0.25) is 0 Å². The van der Waals surface area contributed by atoms with Gasteiger partial charge in [-0.1, -0.05) is 6.07 Å². The molecule has 2 aromatic rings. The number of anilines is 1. The molecule has 0 aromatic heterocycles. The van der Waals surface area contributed by atoms with Crippen molar-refractivity contribution >= 4 is 17.6 Å². The van der Waals surface area contributed by atoms with Crippen LogP contribution in [0.3, 0.4) is 0 Å². The predicted molar refractivity (Wildman–Crippen MR) is 94.0 cm³/mol. The minimum Gasteiger partial charge on any atom is -0.486 e. The lowest BCUT2D eigenvalue weighted by Gasteiger charge is -2.19. The lowest BCUT2D eigenvalue weighted by molar-refractivity contribution is -0.118. The Labute approximate surface area is 150 Å². The number of rotatable bonds is 6. The van der Waals surface area contributed by atoms with E-state index < -0.39 is 5.97 Å². The van der Waals surface area contributed by atoms with Crippen LogP contribution in [0.1, 0.15) is 17.3 Å². The Kier molecular flexibility index (Phi) is 5.58. The summed E-state index contributed by atoms with van der Waals surface area (Å²) in [6, 6.07) is 11.7. The lowest BCUT2D eigenvalue weighted by Crippen LogP contribution is -2.21. The van der Waals surface area contributed by atoms with Crippen LogP contribution >= 0.6 is 0 Å². The number of amides is 1. The first-order chi connectivity index (χ1) is 12.7. The fraction of sp³-hybridized carbons (Fsp3) is 0.263. The number of ether oxygens (including phenoxy) is 4. The molecule has 26 heavy (non-hydrogen) atoms. The first kappa shape index (κ1) is 17.6. The highest BCUT2D eigenvalue weighted by molar-refractivity contribution is 5.92. The van der Waals surface area contributed by atoms with E-state index in [-0.39, 0.29) is 12.5 Å². The van der Waals surface area contributed by atoms with Crippen molar-refractivity contribution in [3.8, 4) is 17.2 Å². The first-order valence-corrected chi connectivity index (χ1v) is 8.25. The van der Waals surface area contributed by atoms with Gasteiger partial charge in [0, 0.05) is 11.8 Å². The summed E-state index contributed by atoms with van der Waals surface area (Å²) >= 11 is 0. The van der Waals surface area contributed by atoms with Crippen molar-refractivity contribution in [1.82, 2.24) is 0 Å². The van der Waals surface area contributed by atoms with Gasteiger partial charge in [-0.3, -0.25) is 4.79 Å². The molecule has 7 nitrogen and oxygen atoms in total. The van der Waals surface area contributed by atoms with Crippen LogP contribution < -0.4 is 19.5 Å². The molecule has 0 radical (unpaired) electrons. The Bertz CT molecular complexity index is 804. The number of fused-ring (bicyclic) bond motifs is 1. The number of carbonyl (C=O) groups excluding carboxylic acids is 2. The van der Waals surface area contributed by atoms with Gasteiger partial charge in [0.15, 0.2) is 18.1 Å². The average Bonchev–Trinajstić information content (AvgIpc) is 2.67. The third kappa shape index (κ3) is 4.44. The van der Waals surface area contributed by atoms with Crippen molar-refractivity contribution in [3.63, 3.8) is 0 Å². The number of hydrogen-bond donors (Lipinski definition) is 1. The summed E-state index contributed by atoms with van der Waals surface area (Å²) in [5.41, 5.74) is 0.958. The van der Waals surface area contributed by atoms with Crippen molar-refractivity contribution in [1.29, 1.82) is 0 Å². The van der Waals surface area contributed by atoms with Crippen molar-refractivity contribution in [2.24, 2.45) is 0 Å². The molecular weight excluding hydrogens is 338 g/mol. The molecule has 3 rings (SSSR count). The van der Waals surface area contributed by atoms with Crippen LogP contribution in [-0.2, 0) is 9.53 Å². The highest BCUT2D eigenvalue weighted by atomic mass is 16.6. The SMILES string of the molecule is CCOC(=O)c1cccc(OCC(=O)Nc2ccc3c(c2)OCCO3)c1. The second kappa shape index (κ2) is 8.24. The zero-order valence-corrected chi connectivity index (χ0v) is 14.3. The predicted octanol–water partition coefficient (Wildman–Crippen LogP) is 2.65. The smallest absolute Gasteiger partial charge is 0.338 e. The zero-order valence-electron chi connectivity index (χ0n) is 14.3. The standard InChI is InChI=1S/C19H19NO6/c1-2-23-19(22)13-4-3-5-15(10-13)26-12-18(21)20-14-6-7-16-17(11-14)25-9-8-24-16/h3-7,10-11H,2,8-9,12H2,1H3,(H,20,21). The molecule has 0 bridgehead atoms. The maximum atomic E-state index is 12.1. The van der Waals surface area contributed by atoms with E-state index in [1.165, 1.54) is 6.07 Å². The van der Waals surface area contributed by atoms with E-state index in [1.54, 1.807) is 43.3 Å². The highest BCUT2D eigenvalue weighted by Gasteiger charge is 2.13. The molecule has 1 aliphatic rings. The summed E-state index contributed by atoms with van der Waals surface area (Å²) in [6.07, 6.45) is 0. The Morgan fingerprint density at radius 2 is 1.88 bits per heavy atom. The molecular formula is C19H19NO6. The van der Waals surface area contributed by atoms with Crippen LogP contribution in [0.15, 0.2) is 42.5 Å². The normalized spacial score (nSPS) is 12.2. The Morgan fingerprint density at radius 1 is 1.08 bits per heavy atom. The fourth-order valence-electron chi connectivity index (χ4n) is 2.39. The molecule has 136 valence electrons. The van der Waals surface area contributed by atoms with Crippen LogP contribution in [0.4, 0.5) is 5.69 Å². The maximum absolute atomic E-state index is 12.1. The molecule has 1 amide bonds. The van der Waals surface area contributed by atoms with Crippen molar-refractivity contribution < 1.29 is 28.5 Å². The van der Waals surface area contributed by atoms with Gasteiger partial charge in [0.05, 0.1) is 12.2 Å². The van der Waals surface area contributed by atoms with Gasteiger partial charge >= 0.3 is 5.97 Å². The van der Waals surface area contributed by atoms with Gasteiger partial charge in [0.25, 0.3) is 5.91 Å². The third-order valence-corrected chi connectivity index (χ3v) is 3.54. The summed E-state index contributed by atoms with van der Waals surface area (Å²) in [6.45, 7) is 2.82. The van der Waals surface area contributed by atoms with Crippen molar-refractivity contribution in [2.45, 2.75) is 6.92 Å². The Balaban J connectivity index is 1.56. The molecule has 7 heteroatoms. The van der Waals surface area contributed by atoms with Crippen LogP contribution in [0.25, 0.3) is 0 Å². The number of hydrogen-bond acceptors (Lipinski definition) is 6. The average molecular weight is 357 g/mol. The van der Waals surface area contributed by atoms with E-state index in [1.807, 2.05) is 0 Å². The van der Waals surface area contributed by atoms with Gasteiger partial charge in [0.1, 0.15) is 19.0 Å². The second-order valence-corrected chi connectivity index (χ2v) is 5.44. The second-order valence-electron chi connectivity index (χ2n) is 5.44. The number of carbonyl (C=O) groups is 2. The molecule has 0 saturated heterocycles. The lowest BCUT2D eigenvalue weighted by atomic mass is 10.2. The van der Waals surface area contributed by atoms with Gasteiger partial charge in [-0.25, -0.2) is 4.79 Å². The molecule has 1 aliphatic heterocycles. The topological polar surface area (TPSA) is 83.1 Å². The maximum Gasteiger partial charge on any atom is 0.338 e. The van der Waals surface area contributed by atoms with Crippen molar-refractivity contribution in [3.05, 3.63) is 48.0 Å². The number of nitrogens with one attached hydrogen (secondary N) is 1. The van der Waals surface area contributed by atoms with E-state index in [0.29, 0.717) is 48.3 Å². The number of benzene rings is 2. The van der Waals surface area contributed by atoms with Crippen LogP contribution in [0.5, 0.6) is 17.2 Å². The van der Waals surface area contributed by atoms with E-state index >= 15 is 0 Å². The van der Waals surface area contributed by atoms with Gasteiger partial charge < -0.3 is 24.3 Å². The van der Waals surface area contributed by atoms with Crippen LogP contribution in [-0.4, -0.2) is 38.3 Å². The highest BCUT2D eigenvalue weighted by Crippen LogP contribution is 2.32. The quantitative estimate of drug-likeness (QED) is 0.801. The van der Waals surface area contributed by atoms with Crippen molar-refractivity contribution in [2.75, 3.05) is 31.7 Å². The van der Waals surface area contributed by atoms with Gasteiger partial charge in [-0.2, -0.15) is 0 Å². The third-order valence-electron chi connectivity index (χ3n) is 3.54. The summed E-state index contributed by atoms with van der Waals surface area (Å²) in [5.74, 6) is 0.896. The van der Waals surface area contributed by atoms with E-state index in [2.05, 4.69) is 5.32 Å². The summed E-state index contributed by atoms with van der Waals surface area (Å²) in [4.78, 5) is 23.8. The minimum absolute atomic E-state index is 0.194. The largest absolute Gasteiger partial charge is 0.486 e. The molecule has 2 aromatic carbocycles. The summed E-state index contributed by atoms with van der Waals surface area (Å²) in [7, 11) is 0. The van der Waals surface area contributed by atoms with Gasteiger partial charge in [-0.05, 0) is 37.3 Å². The molecule has 0 fully saturated rings. The van der Waals surface area contributed by atoms with Crippen LogP contribution in [0.2, 0.25) is 0 Å². The monoisotopic (exact) mass is 357 g/mol. The minimum atomic E-state index is -0.432. The Morgan fingerprint density at radius 3 is 2.69 bits per heavy atom. The van der Waals surface area contributed by atoms with Crippen LogP contribution in [0, 0.1) is 0 Å². The fourth-order valence-corrected chi connectivity index (χ4v) is 2.39.